The van der Waals surface area contributed by atoms with E-state index in [-0.39, 0.29) is 11.3 Å². The number of benzene rings is 2. The summed E-state index contributed by atoms with van der Waals surface area (Å²) in [6, 6.07) is 15.0. The molecule has 2 aromatic carbocycles. The van der Waals surface area contributed by atoms with Crippen LogP contribution >= 0.6 is 0 Å². The number of nitrogens with zero attached hydrogens (tertiary/aromatic N) is 2. The van der Waals surface area contributed by atoms with Crippen LogP contribution in [0.5, 0.6) is 11.5 Å². The zero-order valence-electron chi connectivity index (χ0n) is 13.4. The highest BCUT2D eigenvalue weighted by molar-refractivity contribution is 5.45. The van der Waals surface area contributed by atoms with E-state index in [1.807, 2.05) is 30.3 Å². The van der Waals surface area contributed by atoms with Gasteiger partial charge in [0.25, 0.3) is 12.5 Å². The standard InChI is InChI=1S/C19H18N2O2/c1-19(2,3)18(14-8-10-15(11-9-14)22-12-20)16-6-4-5-7-17(16)23-13-21/h4-11,18H,1-3H3. The second-order valence-electron chi connectivity index (χ2n) is 6.29. The molecule has 0 bridgehead atoms. The largest absolute Gasteiger partial charge is 0.388 e. The lowest BCUT2D eigenvalue weighted by Crippen LogP contribution is -2.20. The minimum Gasteiger partial charge on any atom is -0.388 e. The minimum absolute atomic E-state index is 0.0307. The van der Waals surface area contributed by atoms with Crippen LogP contribution in [0, 0.1) is 28.4 Å². The molecule has 2 aromatic rings. The fraction of sp³-hybridized carbons (Fsp3) is 0.263. The van der Waals surface area contributed by atoms with Crippen LogP contribution in [-0.4, -0.2) is 0 Å². The molecular weight excluding hydrogens is 288 g/mol. The molecule has 0 aliphatic carbocycles. The van der Waals surface area contributed by atoms with Crippen molar-refractivity contribution in [2.24, 2.45) is 5.41 Å². The van der Waals surface area contributed by atoms with Gasteiger partial charge in [0.05, 0.1) is 0 Å². The minimum atomic E-state index is -0.0908. The van der Waals surface area contributed by atoms with Gasteiger partial charge in [-0.3, -0.25) is 0 Å². The fourth-order valence-corrected chi connectivity index (χ4v) is 2.79. The number of para-hydroxylation sites is 1. The first-order valence-electron chi connectivity index (χ1n) is 7.28. The van der Waals surface area contributed by atoms with Crippen LogP contribution < -0.4 is 9.47 Å². The van der Waals surface area contributed by atoms with Crippen LogP contribution in [0.3, 0.4) is 0 Å². The first-order valence-corrected chi connectivity index (χ1v) is 7.28. The summed E-state index contributed by atoms with van der Waals surface area (Å²) in [5.74, 6) is 1.10. The number of hydrogen-bond donors (Lipinski definition) is 0. The van der Waals surface area contributed by atoms with Crippen LogP contribution in [0.25, 0.3) is 0 Å². The predicted octanol–water partition coefficient (Wildman–Crippen LogP) is 4.58. The second-order valence-corrected chi connectivity index (χ2v) is 6.29. The van der Waals surface area contributed by atoms with Crippen LogP contribution in [-0.2, 0) is 0 Å². The first-order chi connectivity index (χ1) is 11.0. The monoisotopic (exact) mass is 306 g/mol. The molecule has 0 fully saturated rings. The molecule has 1 unspecified atom stereocenters. The molecule has 1 atom stereocenters. The molecular formula is C19H18N2O2. The number of ether oxygens (including phenoxy) is 2. The normalized spacial score (nSPS) is 11.9. The maximum Gasteiger partial charge on any atom is 0.292 e. The van der Waals surface area contributed by atoms with Crippen molar-refractivity contribution in [2.75, 3.05) is 0 Å². The van der Waals surface area contributed by atoms with Crippen LogP contribution in [0.15, 0.2) is 48.5 Å². The predicted molar refractivity (Wildman–Crippen MR) is 86.7 cm³/mol. The highest BCUT2D eigenvalue weighted by atomic mass is 16.5. The summed E-state index contributed by atoms with van der Waals surface area (Å²) in [6.45, 7) is 6.42. The van der Waals surface area contributed by atoms with E-state index in [4.69, 9.17) is 20.0 Å². The molecule has 0 aromatic heterocycles. The maximum absolute atomic E-state index is 8.88. The Labute approximate surface area is 136 Å². The molecule has 2 rings (SSSR count). The lowest BCUT2D eigenvalue weighted by atomic mass is 9.72. The topological polar surface area (TPSA) is 66.0 Å². The van der Waals surface area contributed by atoms with Gasteiger partial charge in [-0.15, -0.1) is 10.5 Å². The Balaban J connectivity index is 2.51. The van der Waals surface area contributed by atoms with Crippen LogP contribution in [0.2, 0.25) is 0 Å². The van der Waals surface area contributed by atoms with Crippen molar-refractivity contribution in [1.82, 2.24) is 0 Å². The SMILES string of the molecule is CC(C)(C)C(c1ccc(OC#N)cc1)c1ccccc1OC#N. The van der Waals surface area contributed by atoms with Crippen molar-refractivity contribution < 1.29 is 9.47 Å². The van der Waals surface area contributed by atoms with Gasteiger partial charge in [0.1, 0.15) is 11.5 Å². The van der Waals surface area contributed by atoms with Gasteiger partial charge < -0.3 is 9.47 Å². The Bertz CT molecular complexity index is 747. The van der Waals surface area contributed by atoms with E-state index in [2.05, 4.69) is 20.8 Å². The molecule has 23 heavy (non-hydrogen) atoms. The molecule has 0 aliphatic heterocycles. The quantitative estimate of drug-likeness (QED) is 0.775. The lowest BCUT2D eigenvalue weighted by Gasteiger charge is -2.32. The Morgan fingerprint density at radius 2 is 1.48 bits per heavy atom. The number of nitriles is 2. The molecule has 0 saturated carbocycles. The van der Waals surface area contributed by atoms with Gasteiger partial charge in [-0.05, 0) is 29.2 Å². The molecule has 0 aliphatic rings. The zero-order valence-corrected chi connectivity index (χ0v) is 13.4. The van der Waals surface area contributed by atoms with Gasteiger partial charge in [0, 0.05) is 11.5 Å². The van der Waals surface area contributed by atoms with Gasteiger partial charge in [-0.2, -0.15) is 0 Å². The van der Waals surface area contributed by atoms with E-state index in [1.165, 1.54) is 0 Å². The molecule has 0 spiro atoms. The fourth-order valence-electron chi connectivity index (χ4n) is 2.79. The molecule has 0 saturated heterocycles. The molecule has 0 amide bonds. The Kier molecular flexibility index (Phi) is 4.88. The van der Waals surface area contributed by atoms with Gasteiger partial charge >= 0.3 is 0 Å². The summed E-state index contributed by atoms with van der Waals surface area (Å²) in [6.07, 6.45) is 3.42. The molecule has 4 nitrogen and oxygen atoms in total. The van der Waals surface area contributed by atoms with Gasteiger partial charge in [-0.25, -0.2) is 0 Å². The summed E-state index contributed by atoms with van der Waals surface area (Å²) in [5, 5.41) is 17.5. The molecule has 116 valence electrons. The number of hydrogen-bond acceptors (Lipinski definition) is 4. The lowest BCUT2D eigenvalue weighted by molar-refractivity contribution is 0.350. The van der Waals surface area contributed by atoms with Gasteiger partial charge in [-0.1, -0.05) is 51.1 Å². The van der Waals surface area contributed by atoms with Crippen molar-refractivity contribution >= 4 is 0 Å². The third kappa shape index (κ3) is 3.81. The number of rotatable bonds is 4. The first kappa shape index (κ1) is 16.4. The van der Waals surface area contributed by atoms with Crippen molar-refractivity contribution in [1.29, 1.82) is 10.5 Å². The van der Waals surface area contributed by atoms with E-state index in [0.717, 1.165) is 11.1 Å². The van der Waals surface area contributed by atoms with Gasteiger partial charge in [0.2, 0.25) is 0 Å². The van der Waals surface area contributed by atoms with Crippen molar-refractivity contribution in [3.8, 4) is 24.0 Å². The van der Waals surface area contributed by atoms with Crippen molar-refractivity contribution in [3.05, 3.63) is 59.7 Å². The van der Waals surface area contributed by atoms with E-state index in [0.29, 0.717) is 11.5 Å². The van der Waals surface area contributed by atoms with Crippen LogP contribution in [0.1, 0.15) is 37.8 Å². The Hall–Kier alpha value is -2.98. The maximum atomic E-state index is 8.88. The summed E-state index contributed by atoms with van der Waals surface area (Å²) < 4.78 is 9.97. The summed E-state index contributed by atoms with van der Waals surface area (Å²) in [7, 11) is 0. The summed E-state index contributed by atoms with van der Waals surface area (Å²) >= 11 is 0. The highest BCUT2D eigenvalue weighted by Crippen LogP contribution is 2.44. The molecule has 0 radical (unpaired) electrons. The van der Waals surface area contributed by atoms with Crippen molar-refractivity contribution in [3.63, 3.8) is 0 Å². The molecule has 0 heterocycles. The highest BCUT2D eigenvalue weighted by Gasteiger charge is 2.30. The van der Waals surface area contributed by atoms with E-state index < -0.39 is 0 Å². The van der Waals surface area contributed by atoms with Crippen molar-refractivity contribution in [2.45, 2.75) is 26.7 Å². The van der Waals surface area contributed by atoms with E-state index in [9.17, 15) is 0 Å². The van der Waals surface area contributed by atoms with E-state index in [1.54, 1.807) is 30.7 Å². The van der Waals surface area contributed by atoms with Gasteiger partial charge in [0.15, 0.2) is 0 Å². The third-order valence-electron chi connectivity index (χ3n) is 3.63. The molecule has 0 N–H and O–H groups in total. The summed E-state index contributed by atoms with van der Waals surface area (Å²) in [5.41, 5.74) is 1.93. The average molecular weight is 306 g/mol. The smallest absolute Gasteiger partial charge is 0.292 e. The van der Waals surface area contributed by atoms with Crippen LogP contribution in [0.4, 0.5) is 0 Å². The Morgan fingerprint density at radius 3 is 2.04 bits per heavy atom. The Morgan fingerprint density at radius 1 is 0.870 bits per heavy atom. The summed E-state index contributed by atoms with van der Waals surface area (Å²) in [4.78, 5) is 0. The van der Waals surface area contributed by atoms with E-state index >= 15 is 0 Å². The second kappa shape index (κ2) is 6.85. The zero-order chi connectivity index (χ0) is 16.9. The third-order valence-corrected chi connectivity index (χ3v) is 3.63. The molecule has 4 heteroatoms. The average Bonchev–Trinajstić information content (AvgIpc) is 2.50.